The summed E-state index contributed by atoms with van der Waals surface area (Å²) in [7, 11) is 0. The first-order valence-corrected chi connectivity index (χ1v) is 4.47. The zero-order chi connectivity index (χ0) is 8.97. The number of carbonyl (C=O) groups is 1. The molecule has 1 fully saturated rings. The highest BCUT2D eigenvalue weighted by Crippen LogP contribution is 2.08. The Morgan fingerprint density at radius 3 is 2.92 bits per heavy atom. The van der Waals surface area contributed by atoms with Crippen molar-refractivity contribution in [3.63, 3.8) is 0 Å². The van der Waals surface area contributed by atoms with Gasteiger partial charge >= 0.3 is 0 Å². The molecule has 12 heavy (non-hydrogen) atoms. The molecule has 1 aliphatic rings. The Morgan fingerprint density at radius 1 is 1.58 bits per heavy atom. The fourth-order valence-corrected chi connectivity index (χ4v) is 1.52. The number of rotatable bonds is 2. The van der Waals surface area contributed by atoms with E-state index in [0.29, 0.717) is 19.5 Å². The Kier molecular flexibility index (Phi) is 3.49. The van der Waals surface area contributed by atoms with Gasteiger partial charge in [0.05, 0.1) is 0 Å². The lowest BCUT2D eigenvalue weighted by molar-refractivity contribution is -0.132. The molecule has 0 bridgehead atoms. The van der Waals surface area contributed by atoms with Crippen molar-refractivity contribution >= 4 is 5.91 Å². The average Bonchev–Trinajstić information content (AvgIpc) is 2.05. The minimum atomic E-state index is 0.146. The maximum atomic E-state index is 11.3. The number of hydrogen-bond acceptors (Lipinski definition) is 3. The third-order valence-corrected chi connectivity index (χ3v) is 2.17. The molecule has 4 heteroatoms. The van der Waals surface area contributed by atoms with Gasteiger partial charge in [0.25, 0.3) is 0 Å². The zero-order valence-electron chi connectivity index (χ0n) is 7.33. The van der Waals surface area contributed by atoms with Crippen LogP contribution in [0.5, 0.6) is 0 Å². The van der Waals surface area contributed by atoms with E-state index in [-0.39, 0.29) is 11.9 Å². The molecule has 1 rings (SSSR count). The number of amides is 1. The van der Waals surface area contributed by atoms with Crippen LogP contribution in [0.25, 0.3) is 0 Å². The molecule has 0 aliphatic carbocycles. The van der Waals surface area contributed by atoms with Crippen LogP contribution in [0.1, 0.15) is 19.3 Å². The van der Waals surface area contributed by atoms with E-state index in [1.165, 1.54) is 0 Å². The molecule has 70 valence electrons. The Bertz CT molecular complexity index is 160. The van der Waals surface area contributed by atoms with Crippen molar-refractivity contribution in [1.82, 2.24) is 4.90 Å². The SMILES string of the molecule is NCCC(=O)N1CCC[C@@H](N)C1. The fraction of sp³-hybridized carbons (Fsp3) is 0.875. The molecule has 0 aromatic rings. The molecule has 1 atom stereocenters. The molecule has 1 heterocycles. The number of hydrogen-bond donors (Lipinski definition) is 2. The molecule has 0 radical (unpaired) electrons. The maximum absolute atomic E-state index is 11.3. The number of carbonyl (C=O) groups excluding carboxylic acids is 1. The summed E-state index contributed by atoms with van der Waals surface area (Å²) in [5, 5.41) is 0. The normalized spacial score (nSPS) is 24.2. The second kappa shape index (κ2) is 4.42. The Labute approximate surface area is 72.9 Å². The molecular weight excluding hydrogens is 154 g/mol. The molecule has 1 aliphatic heterocycles. The van der Waals surface area contributed by atoms with Gasteiger partial charge in [-0.15, -0.1) is 0 Å². The monoisotopic (exact) mass is 171 g/mol. The molecule has 4 N–H and O–H groups in total. The summed E-state index contributed by atoms with van der Waals surface area (Å²) in [6.07, 6.45) is 2.51. The smallest absolute Gasteiger partial charge is 0.223 e. The number of nitrogens with zero attached hydrogens (tertiary/aromatic N) is 1. The number of piperidine rings is 1. The van der Waals surface area contributed by atoms with Gasteiger partial charge in [0.15, 0.2) is 0 Å². The van der Waals surface area contributed by atoms with Crippen LogP contribution in [0.2, 0.25) is 0 Å². The van der Waals surface area contributed by atoms with E-state index in [1.54, 1.807) is 0 Å². The predicted molar refractivity (Wildman–Crippen MR) is 47.5 cm³/mol. The summed E-state index contributed by atoms with van der Waals surface area (Å²) >= 11 is 0. The summed E-state index contributed by atoms with van der Waals surface area (Å²) in [4.78, 5) is 13.2. The molecular formula is C8H17N3O. The fourth-order valence-electron chi connectivity index (χ4n) is 1.52. The van der Waals surface area contributed by atoms with E-state index < -0.39 is 0 Å². The van der Waals surface area contributed by atoms with E-state index in [0.717, 1.165) is 19.4 Å². The molecule has 1 amide bonds. The van der Waals surface area contributed by atoms with E-state index in [2.05, 4.69) is 0 Å². The minimum Gasteiger partial charge on any atom is -0.341 e. The molecule has 1 saturated heterocycles. The molecule has 0 saturated carbocycles. The van der Waals surface area contributed by atoms with Gasteiger partial charge in [0, 0.05) is 32.1 Å². The first kappa shape index (κ1) is 9.48. The number of likely N-dealkylation sites (tertiary alicyclic amines) is 1. The highest BCUT2D eigenvalue weighted by Gasteiger charge is 2.19. The van der Waals surface area contributed by atoms with E-state index >= 15 is 0 Å². The van der Waals surface area contributed by atoms with E-state index in [9.17, 15) is 4.79 Å². The lowest BCUT2D eigenvalue weighted by Crippen LogP contribution is -2.46. The molecule has 0 spiro atoms. The lowest BCUT2D eigenvalue weighted by Gasteiger charge is -2.30. The van der Waals surface area contributed by atoms with Gasteiger partial charge in [-0.25, -0.2) is 0 Å². The topological polar surface area (TPSA) is 72.4 Å². The third-order valence-electron chi connectivity index (χ3n) is 2.17. The van der Waals surface area contributed by atoms with E-state index in [4.69, 9.17) is 11.5 Å². The largest absolute Gasteiger partial charge is 0.341 e. The second-order valence-corrected chi connectivity index (χ2v) is 3.28. The van der Waals surface area contributed by atoms with Gasteiger partial charge in [0.1, 0.15) is 0 Å². The van der Waals surface area contributed by atoms with Crippen molar-refractivity contribution in [3.05, 3.63) is 0 Å². The quantitative estimate of drug-likeness (QED) is 0.576. The van der Waals surface area contributed by atoms with Crippen molar-refractivity contribution in [1.29, 1.82) is 0 Å². The van der Waals surface area contributed by atoms with Crippen molar-refractivity contribution in [2.45, 2.75) is 25.3 Å². The summed E-state index contributed by atoms with van der Waals surface area (Å²) in [6.45, 7) is 2.00. The van der Waals surface area contributed by atoms with Gasteiger partial charge < -0.3 is 16.4 Å². The van der Waals surface area contributed by atoms with Crippen molar-refractivity contribution < 1.29 is 4.79 Å². The van der Waals surface area contributed by atoms with Crippen molar-refractivity contribution in [3.8, 4) is 0 Å². The van der Waals surface area contributed by atoms with Gasteiger partial charge in [-0.05, 0) is 12.8 Å². The third kappa shape index (κ3) is 2.46. The van der Waals surface area contributed by atoms with Gasteiger partial charge in [-0.1, -0.05) is 0 Å². The standard InChI is InChI=1S/C8H17N3O/c9-4-3-8(12)11-5-1-2-7(10)6-11/h7H,1-6,9-10H2/t7-/m1/s1. The van der Waals surface area contributed by atoms with Crippen LogP contribution >= 0.6 is 0 Å². The van der Waals surface area contributed by atoms with Gasteiger partial charge in [-0.2, -0.15) is 0 Å². The summed E-state index contributed by atoms with van der Waals surface area (Å²) in [6, 6.07) is 0.167. The number of nitrogens with two attached hydrogens (primary N) is 2. The van der Waals surface area contributed by atoms with E-state index in [1.807, 2.05) is 4.90 Å². The van der Waals surface area contributed by atoms with Crippen LogP contribution in [0.15, 0.2) is 0 Å². The van der Waals surface area contributed by atoms with Crippen LogP contribution in [0.4, 0.5) is 0 Å². The molecule has 4 nitrogen and oxygen atoms in total. The van der Waals surface area contributed by atoms with Crippen LogP contribution < -0.4 is 11.5 Å². The van der Waals surface area contributed by atoms with Crippen molar-refractivity contribution in [2.24, 2.45) is 11.5 Å². The predicted octanol–water partition coefficient (Wildman–Crippen LogP) is -0.715. The average molecular weight is 171 g/mol. The summed E-state index contributed by atoms with van der Waals surface area (Å²) in [5.41, 5.74) is 11.0. The molecule has 0 unspecified atom stereocenters. The first-order valence-electron chi connectivity index (χ1n) is 4.47. The molecule has 0 aromatic carbocycles. The van der Waals surface area contributed by atoms with Crippen LogP contribution in [0.3, 0.4) is 0 Å². The Morgan fingerprint density at radius 2 is 2.33 bits per heavy atom. The summed E-state index contributed by atoms with van der Waals surface area (Å²) in [5.74, 6) is 0.146. The second-order valence-electron chi connectivity index (χ2n) is 3.28. The van der Waals surface area contributed by atoms with Crippen LogP contribution in [0, 0.1) is 0 Å². The lowest BCUT2D eigenvalue weighted by atomic mass is 10.1. The summed E-state index contributed by atoms with van der Waals surface area (Å²) < 4.78 is 0. The molecule has 0 aromatic heterocycles. The maximum Gasteiger partial charge on any atom is 0.223 e. The highest BCUT2D eigenvalue weighted by molar-refractivity contribution is 5.76. The van der Waals surface area contributed by atoms with Gasteiger partial charge in [-0.3, -0.25) is 4.79 Å². The van der Waals surface area contributed by atoms with Crippen LogP contribution in [-0.2, 0) is 4.79 Å². The zero-order valence-corrected chi connectivity index (χ0v) is 7.33. The highest BCUT2D eigenvalue weighted by atomic mass is 16.2. The Hall–Kier alpha value is -0.610. The van der Waals surface area contributed by atoms with Crippen molar-refractivity contribution in [2.75, 3.05) is 19.6 Å². The minimum absolute atomic E-state index is 0.146. The Balaban J connectivity index is 2.35. The van der Waals surface area contributed by atoms with Crippen LogP contribution in [-0.4, -0.2) is 36.5 Å². The first-order chi connectivity index (χ1) is 5.74. The van der Waals surface area contributed by atoms with Gasteiger partial charge in [0.2, 0.25) is 5.91 Å².